The Morgan fingerprint density at radius 2 is 2.00 bits per heavy atom. The van der Waals surface area contributed by atoms with Crippen molar-refractivity contribution in [3.8, 4) is 5.75 Å². The van der Waals surface area contributed by atoms with E-state index in [9.17, 15) is 19.5 Å². The van der Waals surface area contributed by atoms with Crippen LogP contribution in [-0.4, -0.2) is 47.0 Å². The van der Waals surface area contributed by atoms with Crippen LogP contribution in [0.5, 0.6) is 5.75 Å². The van der Waals surface area contributed by atoms with Gasteiger partial charge < -0.3 is 19.6 Å². The minimum atomic E-state index is -1.30. The first-order chi connectivity index (χ1) is 13.3. The molecule has 2 unspecified atom stereocenters. The van der Waals surface area contributed by atoms with Crippen molar-refractivity contribution < 1.29 is 28.6 Å². The number of benzene rings is 1. The molecule has 0 bridgehead atoms. The van der Waals surface area contributed by atoms with E-state index in [0.29, 0.717) is 23.5 Å². The molecule has 3 rings (SSSR count). The van der Waals surface area contributed by atoms with Crippen LogP contribution in [-0.2, 0) is 10.3 Å². The molecule has 0 spiro atoms. The SMILES string of the molecule is CCC(=O)c1ccc(OCC(O)CN2C(=O)NC(C)(c3ccco3)C2=O)cc1. The van der Waals surface area contributed by atoms with E-state index < -0.39 is 23.6 Å². The number of ketones is 1. The molecule has 1 saturated heterocycles. The number of aliphatic hydroxyl groups is 1. The van der Waals surface area contributed by atoms with Gasteiger partial charge in [-0.15, -0.1) is 0 Å². The number of carbonyl (C=O) groups excluding carboxylic acids is 3. The lowest BCUT2D eigenvalue weighted by Gasteiger charge is -2.20. The second kappa shape index (κ2) is 7.85. The third kappa shape index (κ3) is 3.77. The molecule has 8 heteroatoms. The Balaban J connectivity index is 1.57. The van der Waals surface area contributed by atoms with Gasteiger partial charge in [-0.1, -0.05) is 6.92 Å². The average Bonchev–Trinajstić information content (AvgIpc) is 3.31. The van der Waals surface area contributed by atoms with Crippen molar-refractivity contribution in [3.05, 3.63) is 54.0 Å². The summed E-state index contributed by atoms with van der Waals surface area (Å²) in [6, 6.07) is 9.21. The maximum Gasteiger partial charge on any atom is 0.325 e. The molecule has 2 atom stereocenters. The van der Waals surface area contributed by atoms with Crippen LogP contribution in [0, 0.1) is 0 Å². The number of hydrogen-bond donors (Lipinski definition) is 2. The van der Waals surface area contributed by atoms with E-state index in [0.717, 1.165) is 4.90 Å². The quantitative estimate of drug-likeness (QED) is 0.531. The lowest BCUT2D eigenvalue weighted by molar-refractivity contribution is -0.132. The zero-order valence-electron chi connectivity index (χ0n) is 15.7. The van der Waals surface area contributed by atoms with Crippen molar-refractivity contribution in [2.24, 2.45) is 0 Å². The molecule has 1 fully saturated rings. The zero-order valence-corrected chi connectivity index (χ0v) is 15.7. The van der Waals surface area contributed by atoms with Crippen molar-refractivity contribution in [1.82, 2.24) is 10.2 Å². The first-order valence-corrected chi connectivity index (χ1v) is 8.97. The highest BCUT2D eigenvalue weighted by atomic mass is 16.5. The van der Waals surface area contributed by atoms with Crippen molar-refractivity contribution in [1.29, 1.82) is 0 Å². The summed E-state index contributed by atoms with van der Waals surface area (Å²) in [6.45, 7) is 3.01. The molecule has 28 heavy (non-hydrogen) atoms. The second-order valence-electron chi connectivity index (χ2n) is 6.71. The number of hydrogen-bond acceptors (Lipinski definition) is 6. The van der Waals surface area contributed by atoms with Gasteiger partial charge in [0, 0.05) is 12.0 Å². The molecular weight excluding hydrogens is 364 g/mol. The van der Waals surface area contributed by atoms with Crippen LogP contribution in [0.15, 0.2) is 47.1 Å². The topological polar surface area (TPSA) is 109 Å². The highest BCUT2D eigenvalue weighted by molar-refractivity contribution is 6.06. The maximum absolute atomic E-state index is 12.7. The summed E-state index contributed by atoms with van der Waals surface area (Å²) in [4.78, 5) is 37.4. The number of imide groups is 1. The van der Waals surface area contributed by atoms with Gasteiger partial charge in [-0.25, -0.2) is 4.79 Å². The Morgan fingerprint density at radius 1 is 1.29 bits per heavy atom. The molecule has 8 nitrogen and oxygen atoms in total. The van der Waals surface area contributed by atoms with Gasteiger partial charge in [-0.05, 0) is 43.3 Å². The predicted molar refractivity (Wildman–Crippen MR) is 98.9 cm³/mol. The van der Waals surface area contributed by atoms with Gasteiger partial charge in [0.1, 0.15) is 24.2 Å². The minimum Gasteiger partial charge on any atom is -0.491 e. The molecular formula is C20H22N2O6. The minimum absolute atomic E-state index is 0.0322. The largest absolute Gasteiger partial charge is 0.491 e. The molecule has 0 radical (unpaired) electrons. The number of carbonyl (C=O) groups is 3. The molecule has 1 aromatic heterocycles. The summed E-state index contributed by atoms with van der Waals surface area (Å²) >= 11 is 0. The van der Waals surface area contributed by atoms with Gasteiger partial charge in [0.05, 0.1) is 12.8 Å². The maximum atomic E-state index is 12.7. The third-order valence-corrected chi connectivity index (χ3v) is 4.62. The third-order valence-electron chi connectivity index (χ3n) is 4.62. The number of ether oxygens (including phenoxy) is 1. The van der Waals surface area contributed by atoms with Crippen LogP contribution in [0.2, 0.25) is 0 Å². The van der Waals surface area contributed by atoms with Crippen molar-refractivity contribution in [3.63, 3.8) is 0 Å². The highest BCUT2D eigenvalue weighted by Gasteiger charge is 2.51. The first-order valence-electron chi connectivity index (χ1n) is 8.97. The van der Waals surface area contributed by atoms with Gasteiger partial charge >= 0.3 is 6.03 Å². The molecule has 0 saturated carbocycles. The van der Waals surface area contributed by atoms with Crippen LogP contribution < -0.4 is 10.1 Å². The molecule has 148 valence electrons. The van der Waals surface area contributed by atoms with E-state index in [4.69, 9.17) is 9.15 Å². The lowest BCUT2D eigenvalue weighted by Crippen LogP contribution is -2.42. The van der Waals surface area contributed by atoms with Crippen LogP contribution in [0.25, 0.3) is 0 Å². The number of nitrogens with zero attached hydrogens (tertiary/aromatic N) is 1. The predicted octanol–water partition coefficient (Wildman–Crippen LogP) is 2.08. The molecule has 1 aliphatic heterocycles. The number of β-amino-alcohol motifs (C(OH)–C–C–N with tert-alkyl or cyclic N) is 1. The van der Waals surface area contributed by atoms with E-state index in [1.54, 1.807) is 50.2 Å². The summed E-state index contributed by atoms with van der Waals surface area (Å²) in [6.07, 6.45) is 0.762. The van der Waals surface area contributed by atoms with E-state index in [2.05, 4.69) is 5.32 Å². The molecule has 3 amide bonds. The highest BCUT2D eigenvalue weighted by Crippen LogP contribution is 2.29. The van der Waals surface area contributed by atoms with Crippen LogP contribution in [0.1, 0.15) is 36.4 Å². The number of Topliss-reactive ketones (excluding diaryl/α,β-unsaturated/α-hetero) is 1. The average molecular weight is 386 g/mol. The Bertz CT molecular complexity index is 861. The fourth-order valence-corrected chi connectivity index (χ4v) is 2.99. The Kier molecular flexibility index (Phi) is 5.51. The summed E-state index contributed by atoms with van der Waals surface area (Å²) in [7, 11) is 0. The van der Waals surface area contributed by atoms with Crippen LogP contribution in [0.4, 0.5) is 4.79 Å². The summed E-state index contributed by atoms with van der Waals surface area (Å²) in [5.74, 6) is 0.323. The van der Waals surface area contributed by atoms with Crippen molar-refractivity contribution >= 4 is 17.7 Å². The van der Waals surface area contributed by atoms with Gasteiger partial charge in [0.15, 0.2) is 11.3 Å². The number of urea groups is 1. The zero-order chi connectivity index (χ0) is 20.3. The van der Waals surface area contributed by atoms with Gasteiger partial charge in [0.2, 0.25) is 0 Å². The van der Waals surface area contributed by atoms with Gasteiger partial charge in [-0.3, -0.25) is 14.5 Å². The first kappa shape index (κ1) is 19.6. The van der Waals surface area contributed by atoms with Crippen molar-refractivity contribution in [2.45, 2.75) is 31.9 Å². The number of amides is 3. The Labute approximate surface area is 162 Å². The lowest BCUT2D eigenvalue weighted by atomic mass is 9.99. The molecule has 2 N–H and O–H groups in total. The summed E-state index contributed by atoms with van der Waals surface area (Å²) < 4.78 is 10.8. The molecule has 0 aliphatic carbocycles. The fourth-order valence-electron chi connectivity index (χ4n) is 2.99. The smallest absolute Gasteiger partial charge is 0.325 e. The number of nitrogens with one attached hydrogen (secondary N) is 1. The fraction of sp³-hybridized carbons (Fsp3) is 0.350. The van der Waals surface area contributed by atoms with Crippen molar-refractivity contribution in [2.75, 3.05) is 13.2 Å². The van der Waals surface area contributed by atoms with E-state index in [1.807, 2.05) is 0 Å². The number of rotatable bonds is 8. The molecule has 2 heterocycles. The number of furan rings is 1. The normalized spacial score (nSPS) is 20.2. The Morgan fingerprint density at radius 3 is 2.61 bits per heavy atom. The van der Waals surface area contributed by atoms with Gasteiger partial charge in [-0.2, -0.15) is 0 Å². The van der Waals surface area contributed by atoms with Gasteiger partial charge in [0.25, 0.3) is 5.91 Å². The second-order valence-corrected chi connectivity index (χ2v) is 6.71. The molecule has 2 aromatic rings. The van der Waals surface area contributed by atoms with Crippen LogP contribution in [0.3, 0.4) is 0 Å². The van der Waals surface area contributed by atoms with E-state index in [1.165, 1.54) is 6.26 Å². The summed E-state index contributed by atoms with van der Waals surface area (Å²) in [5, 5.41) is 12.8. The summed E-state index contributed by atoms with van der Waals surface area (Å²) in [5.41, 5.74) is -0.713. The molecule has 1 aromatic carbocycles. The standard InChI is InChI=1S/C20H22N2O6/c1-3-16(24)13-6-8-15(9-7-13)28-12-14(23)11-22-18(25)20(2,21-19(22)26)17-5-4-10-27-17/h4-10,14,23H,3,11-12H2,1-2H3,(H,21,26). The Hall–Kier alpha value is -3.13. The van der Waals surface area contributed by atoms with E-state index in [-0.39, 0.29) is 18.9 Å². The monoisotopic (exact) mass is 386 g/mol. The molecule has 1 aliphatic rings. The number of aliphatic hydroxyl groups excluding tert-OH is 1. The van der Waals surface area contributed by atoms with E-state index >= 15 is 0 Å². The van der Waals surface area contributed by atoms with Crippen LogP contribution >= 0.6 is 0 Å².